The number of nitrogens with two attached hydrogens (primary N) is 1. The lowest BCUT2D eigenvalue weighted by molar-refractivity contribution is 0.171. The molecule has 2 aliphatic heterocycles. The highest BCUT2D eigenvalue weighted by Crippen LogP contribution is 2.42. The largest absolute Gasteiger partial charge is 0.486 e. The van der Waals surface area contributed by atoms with Crippen molar-refractivity contribution < 1.29 is 9.47 Å². The molecule has 0 amide bonds. The quantitative estimate of drug-likeness (QED) is 0.804. The molecule has 0 aliphatic carbocycles. The van der Waals surface area contributed by atoms with Gasteiger partial charge in [0.25, 0.3) is 0 Å². The lowest BCUT2D eigenvalue weighted by Gasteiger charge is -2.38. The summed E-state index contributed by atoms with van der Waals surface area (Å²) in [6, 6.07) is 14.6. The fraction of sp³-hybridized carbons (Fsp3) is 0.455. The summed E-state index contributed by atoms with van der Waals surface area (Å²) >= 11 is 6.32. The summed E-state index contributed by atoms with van der Waals surface area (Å²) in [7, 11) is 0. The average molecular weight is 402 g/mol. The van der Waals surface area contributed by atoms with Gasteiger partial charge in [-0.25, -0.2) is 0 Å². The third-order valence-corrected chi connectivity index (χ3v) is 5.78. The van der Waals surface area contributed by atoms with Gasteiger partial charge >= 0.3 is 0 Å². The molecular weight excluding hydrogens is 374 g/mol. The third-order valence-electron chi connectivity index (χ3n) is 5.56. The topological polar surface area (TPSA) is 51.0 Å². The van der Waals surface area contributed by atoms with Crippen LogP contribution >= 0.6 is 11.6 Å². The van der Waals surface area contributed by atoms with E-state index in [9.17, 15) is 0 Å². The first kappa shape index (κ1) is 19.4. The molecule has 2 N–H and O–H groups in total. The second-order valence-corrected chi connectivity index (χ2v) is 7.86. The zero-order valence-corrected chi connectivity index (χ0v) is 16.9. The maximum atomic E-state index is 6.32. The van der Waals surface area contributed by atoms with E-state index in [1.54, 1.807) is 0 Å². The van der Waals surface area contributed by atoms with Crippen molar-refractivity contribution in [3.63, 3.8) is 0 Å². The van der Waals surface area contributed by atoms with Crippen LogP contribution in [0.2, 0.25) is 5.02 Å². The highest BCUT2D eigenvalue weighted by molar-refractivity contribution is 6.31. The van der Waals surface area contributed by atoms with Crippen LogP contribution in [-0.4, -0.2) is 57.4 Å². The Morgan fingerprint density at radius 3 is 2.50 bits per heavy atom. The van der Waals surface area contributed by atoms with Crippen LogP contribution in [-0.2, 0) is 0 Å². The van der Waals surface area contributed by atoms with Crippen molar-refractivity contribution in [2.45, 2.75) is 12.3 Å². The molecule has 2 aromatic rings. The number of rotatable bonds is 6. The summed E-state index contributed by atoms with van der Waals surface area (Å²) in [6.07, 6.45) is 1.01. The van der Waals surface area contributed by atoms with Crippen LogP contribution in [0.1, 0.15) is 17.9 Å². The van der Waals surface area contributed by atoms with Crippen molar-refractivity contribution in [1.82, 2.24) is 4.90 Å². The number of anilines is 1. The van der Waals surface area contributed by atoms with E-state index in [0.29, 0.717) is 30.7 Å². The molecule has 0 radical (unpaired) electrons. The molecule has 150 valence electrons. The van der Waals surface area contributed by atoms with Gasteiger partial charge in [0.1, 0.15) is 13.2 Å². The molecular formula is C22H28ClN3O2. The summed E-state index contributed by atoms with van der Waals surface area (Å²) < 4.78 is 11.6. The third kappa shape index (κ3) is 4.37. The molecule has 6 heteroatoms. The minimum Gasteiger partial charge on any atom is -0.486 e. The number of piperazine rings is 1. The van der Waals surface area contributed by atoms with Crippen molar-refractivity contribution in [3.8, 4) is 11.5 Å². The summed E-state index contributed by atoms with van der Waals surface area (Å²) in [6.45, 7) is 6.82. The number of hydrogen-bond acceptors (Lipinski definition) is 5. The first-order valence-corrected chi connectivity index (χ1v) is 10.4. The summed E-state index contributed by atoms with van der Waals surface area (Å²) in [5.41, 5.74) is 8.31. The van der Waals surface area contributed by atoms with Crippen LogP contribution in [0.25, 0.3) is 0 Å². The fourth-order valence-corrected chi connectivity index (χ4v) is 4.31. The van der Waals surface area contributed by atoms with Crippen molar-refractivity contribution in [3.05, 3.63) is 53.1 Å². The maximum absolute atomic E-state index is 6.32. The fourth-order valence-electron chi connectivity index (χ4n) is 4.11. The number of benzene rings is 2. The zero-order chi connectivity index (χ0) is 19.3. The molecule has 0 saturated carbocycles. The lowest BCUT2D eigenvalue weighted by atomic mass is 9.95. The van der Waals surface area contributed by atoms with Gasteiger partial charge in [-0.15, -0.1) is 0 Å². The maximum Gasteiger partial charge on any atom is 0.184 e. The number of nitrogens with zero attached hydrogens (tertiary/aromatic N) is 2. The van der Waals surface area contributed by atoms with E-state index in [1.807, 2.05) is 12.1 Å². The Morgan fingerprint density at radius 2 is 1.75 bits per heavy atom. The Hall–Kier alpha value is -1.95. The average Bonchev–Trinajstić information content (AvgIpc) is 2.74. The molecule has 1 unspecified atom stereocenters. The van der Waals surface area contributed by atoms with Crippen LogP contribution in [0.4, 0.5) is 5.69 Å². The van der Waals surface area contributed by atoms with Gasteiger partial charge in [0, 0.05) is 43.8 Å². The molecule has 1 atom stereocenters. The SMILES string of the molecule is NCCC(CN1CCN(c2cc(Cl)cc3c2OCCO3)CC1)c1ccccc1. The van der Waals surface area contributed by atoms with Gasteiger partial charge in [-0.2, -0.15) is 0 Å². The number of fused-ring (bicyclic) bond motifs is 1. The summed E-state index contributed by atoms with van der Waals surface area (Å²) in [5, 5.41) is 0.689. The Balaban J connectivity index is 1.42. The van der Waals surface area contributed by atoms with Crippen molar-refractivity contribution in [2.75, 3.05) is 57.4 Å². The van der Waals surface area contributed by atoms with E-state index in [0.717, 1.165) is 56.3 Å². The van der Waals surface area contributed by atoms with Gasteiger partial charge in [0.2, 0.25) is 0 Å². The van der Waals surface area contributed by atoms with Crippen LogP contribution in [0.5, 0.6) is 11.5 Å². The van der Waals surface area contributed by atoms with E-state index >= 15 is 0 Å². The highest BCUT2D eigenvalue weighted by Gasteiger charge is 2.26. The van der Waals surface area contributed by atoms with E-state index in [4.69, 9.17) is 26.8 Å². The molecule has 5 nitrogen and oxygen atoms in total. The monoisotopic (exact) mass is 401 g/mol. The molecule has 2 aliphatic rings. The minimum absolute atomic E-state index is 0.480. The normalized spacial score (nSPS) is 18.1. The predicted octanol–water partition coefficient (Wildman–Crippen LogP) is 3.37. The van der Waals surface area contributed by atoms with Gasteiger partial charge in [-0.3, -0.25) is 4.90 Å². The minimum atomic E-state index is 0.480. The first-order chi connectivity index (χ1) is 13.7. The van der Waals surface area contributed by atoms with Crippen molar-refractivity contribution in [1.29, 1.82) is 0 Å². The lowest BCUT2D eigenvalue weighted by Crippen LogP contribution is -2.47. The number of halogens is 1. The molecule has 2 aromatic carbocycles. The number of ether oxygens (including phenoxy) is 2. The molecule has 0 spiro atoms. The van der Waals surface area contributed by atoms with Gasteiger partial charge in [0.05, 0.1) is 5.69 Å². The van der Waals surface area contributed by atoms with Gasteiger partial charge < -0.3 is 20.1 Å². The Kier molecular flexibility index (Phi) is 6.25. The Bertz CT molecular complexity index is 779. The van der Waals surface area contributed by atoms with Crippen LogP contribution in [0.3, 0.4) is 0 Å². The van der Waals surface area contributed by atoms with Crippen molar-refractivity contribution >= 4 is 17.3 Å². The van der Waals surface area contributed by atoms with Crippen LogP contribution in [0.15, 0.2) is 42.5 Å². The molecule has 0 bridgehead atoms. The van der Waals surface area contributed by atoms with E-state index in [1.165, 1.54) is 5.56 Å². The van der Waals surface area contributed by atoms with Gasteiger partial charge in [-0.1, -0.05) is 41.9 Å². The second kappa shape index (κ2) is 9.03. The predicted molar refractivity (Wildman–Crippen MR) is 114 cm³/mol. The molecule has 1 fully saturated rings. The van der Waals surface area contributed by atoms with Gasteiger partial charge in [-0.05, 0) is 30.5 Å². The standard InChI is InChI=1S/C22H28ClN3O2/c23-19-14-20(22-21(15-19)27-12-13-28-22)26-10-8-25(9-11-26)16-18(6-7-24)17-4-2-1-3-5-17/h1-5,14-15,18H,6-13,16,24H2. The smallest absolute Gasteiger partial charge is 0.184 e. The summed E-state index contributed by atoms with van der Waals surface area (Å²) in [4.78, 5) is 4.90. The molecule has 28 heavy (non-hydrogen) atoms. The molecule has 2 heterocycles. The van der Waals surface area contributed by atoms with Gasteiger partial charge in [0.15, 0.2) is 11.5 Å². The molecule has 1 saturated heterocycles. The van der Waals surface area contributed by atoms with Crippen LogP contribution < -0.4 is 20.1 Å². The Labute approximate surface area is 172 Å². The molecule has 4 rings (SSSR count). The summed E-state index contributed by atoms with van der Waals surface area (Å²) in [5.74, 6) is 2.06. The van der Waals surface area contributed by atoms with E-state index < -0.39 is 0 Å². The Morgan fingerprint density at radius 1 is 1.00 bits per heavy atom. The van der Waals surface area contributed by atoms with Crippen molar-refractivity contribution in [2.24, 2.45) is 5.73 Å². The zero-order valence-electron chi connectivity index (χ0n) is 16.1. The second-order valence-electron chi connectivity index (χ2n) is 7.42. The molecule has 0 aromatic heterocycles. The first-order valence-electron chi connectivity index (χ1n) is 10.1. The van der Waals surface area contributed by atoms with Crippen LogP contribution in [0, 0.1) is 0 Å². The van der Waals surface area contributed by atoms with E-state index in [-0.39, 0.29) is 0 Å². The van der Waals surface area contributed by atoms with E-state index in [2.05, 4.69) is 40.1 Å². The highest BCUT2D eigenvalue weighted by atomic mass is 35.5. The number of hydrogen-bond donors (Lipinski definition) is 1.